The zero-order valence-corrected chi connectivity index (χ0v) is 10.2. The molecule has 0 bridgehead atoms. The van der Waals surface area contributed by atoms with E-state index in [1.54, 1.807) is 11.8 Å². The van der Waals surface area contributed by atoms with E-state index in [1.807, 2.05) is 0 Å². The van der Waals surface area contributed by atoms with Crippen LogP contribution in [0.3, 0.4) is 0 Å². The molecule has 0 spiro atoms. The Morgan fingerprint density at radius 2 is 1.93 bits per heavy atom. The van der Waals surface area contributed by atoms with Gasteiger partial charge in [0.1, 0.15) is 9.84 Å². The van der Waals surface area contributed by atoms with Gasteiger partial charge in [-0.05, 0) is 12.8 Å². The molecule has 0 unspecified atom stereocenters. The number of hydrogen-bond acceptors (Lipinski definition) is 4. The highest BCUT2D eigenvalue weighted by Crippen LogP contribution is 2.32. The number of thioether (sulfide) groups is 1. The standard InChI is InChI=1S/C9H18O3S2/c1-14(11,12)7-6-13-8-9(10)4-2-3-5-9/h10H,2-8H2,1H3. The summed E-state index contributed by atoms with van der Waals surface area (Å²) in [4.78, 5) is 0. The Balaban J connectivity index is 2.15. The Bertz CT molecular complexity index is 266. The van der Waals surface area contributed by atoms with E-state index in [0.717, 1.165) is 25.7 Å². The Morgan fingerprint density at radius 3 is 2.43 bits per heavy atom. The maximum absolute atomic E-state index is 10.8. The van der Waals surface area contributed by atoms with Gasteiger partial charge in [-0.15, -0.1) is 0 Å². The van der Waals surface area contributed by atoms with Crippen LogP contribution in [0.5, 0.6) is 0 Å². The predicted molar refractivity (Wildman–Crippen MR) is 60.5 cm³/mol. The minimum absolute atomic E-state index is 0.216. The second-order valence-electron chi connectivity index (χ2n) is 4.11. The van der Waals surface area contributed by atoms with Gasteiger partial charge >= 0.3 is 0 Å². The summed E-state index contributed by atoms with van der Waals surface area (Å²) in [6, 6.07) is 0. The first-order chi connectivity index (χ1) is 6.41. The van der Waals surface area contributed by atoms with Gasteiger partial charge in [0.2, 0.25) is 0 Å². The SMILES string of the molecule is CS(=O)(=O)CCSCC1(O)CCCC1. The van der Waals surface area contributed by atoms with Crippen molar-refractivity contribution in [1.29, 1.82) is 0 Å². The Morgan fingerprint density at radius 1 is 1.36 bits per heavy atom. The molecule has 0 radical (unpaired) electrons. The van der Waals surface area contributed by atoms with Crippen molar-refractivity contribution in [2.45, 2.75) is 31.3 Å². The maximum Gasteiger partial charge on any atom is 0.148 e. The molecule has 1 rings (SSSR count). The molecule has 0 aromatic rings. The first kappa shape index (κ1) is 12.3. The minimum Gasteiger partial charge on any atom is -0.389 e. The van der Waals surface area contributed by atoms with E-state index in [2.05, 4.69) is 0 Å². The lowest BCUT2D eigenvalue weighted by Crippen LogP contribution is -2.27. The van der Waals surface area contributed by atoms with Gasteiger partial charge in [-0.3, -0.25) is 0 Å². The molecule has 1 fully saturated rings. The smallest absolute Gasteiger partial charge is 0.148 e. The molecule has 0 saturated heterocycles. The van der Waals surface area contributed by atoms with E-state index in [1.165, 1.54) is 6.26 Å². The van der Waals surface area contributed by atoms with Crippen LogP contribution in [0.1, 0.15) is 25.7 Å². The highest BCUT2D eigenvalue weighted by Gasteiger charge is 2.30. The van der Waals surface area contributed by atoms with E-state index in [9.17, 15) is 13.5 Å². The van der Waals surface area contributed by atoms with E-state index >= 15 is 0 Å². The first-order valence-corrected chi connectivity index (χ1v) is 8.11. The van der Waals surface area contributed by atoms with Crippen LogP contribution in [0.15, 0.2) is 0 Å². The molecule has 1 aliphatic carbocycles. The van der Waals surface area contributed by atoms with Crippen LogP contribution in [0.2, 0.25) is 0 Å². The average Bonchev–Trinajstić information content (AvgIpc) is 2.45. The second-order valence-corrected chi connectivity index (χ2v) is 7.48. The highest BCUT2D eigenvalue weighted by molar-refractivity contribution is 8.00. The van der Waals surface area contributed by atoms with Crippen molar-refractivity contribution >= 4 is 21.6 Å². The van der Waals surface area contributed by atoms with Crippen molar-refractivity contribution in [2.75, 3.05) is 23.5 Å². The topological polar surface area (TPSA) is 54.4 Å². The largest absolute Gasteiger partial charge is 0.389 e. The highest BCUT2D eigenvalue weighted by atomic mass is 32.2. The summed E-state index contributed by atoms with van der Waals surface area (Å²) in [5.41, 5.74) is -0.512. The molecular weight excluding hydrogens is 220 g/mol. The van der Waals surface area contributed by atoms with Crippen molar-refractivity contribution in [3.63, 3.8) is 0 Å². The summed E-state index contributed by atoms with van der Waals surface area (Å²) < 4.78 is 21.7. The van der Waals surface area contributed by atoms with E-state index in [0.29, 0.717) is 11.5 Å². The molecule has 84 valence electrons. The minimum atomic E-state index is -2.84. The number of hydrogen-bond donors (Lipinski definition) is 1. The van der Waals surface area contributed by atoms with Crippen LogP contribution in [0, 0.1) is 0 Å². The summed E-state index contributed by atoms with van der Waals surface area (Å²) in [7, 11) is -2.84. The van der Waals surface area contributed by atoms with Crippen molar-refractivity contribution < 1.29 is 13.5 Å². The molecule has 0 heterocycles. The second kappa shape index (κ2) is 4.86. The van der Waals surface area contributed by atoms with E-state index < -0.39 is 15.4 Å². The monoisotopic (exact) mass is 238 g/mol. The van der Waals surface area contributed by atoms with Crippen molar-refractivity contribution in [3.05, 3.63) is 0 Å². The third kappa shape index (κ3) is 4.66. The number of aliphatic hydroxyl groups is 1. The predicted octanol–water partition coefficient (Wildman–Crippen LogP) is 1.07. The summed E-state index contributed by atoms with van der Waals surface area (Å²) in [5.74, 6) is 1.50. The van der Waals surface area contributed by atoms with Crippen LogP contribution in [-0.4, -0.2) is 42.6 Å². The normalized spacial score (nSPS) is 21.3. The fraction of sp³-hybridized carbons (Fsp3) is 1.00. The van der Waals surface area contributed by atoms with Crippen molar-refractivity contribution in [3.8, 4) is 0 Å². The zero-order chi connectivity index (χ0) is 10.7. The van der Waals surface area contributed by atoms with Crippen LogP contribution in [0.25, 0.3) is 0 Å². The molecule has 0 atom stereocenters. The van der Waals surface area contributed by atoms with Crippen molar-refractivity contribution in [2.24, 2.45) is 0 Å². The summed E-state index contributed by atoms with van der Waals surface area (Å²) in [5, 5.41) is 9.95. The lowest BCUT2D eigenvalue weighted by Gasteiger charge is -2.20. The fourth-order valence-corrected chi connectivity index (χ4v) is 4.15. The lowest BCUT2D eigenvalue weighted by atomic mass is 10.1. The molecule has 1 N–H and O–H groups in total. The van der Waals surface area contributed by atoms with Gasteiger partial charge in [0.05, 0.1) is 11.4 Å². The maximum atomic E-state index is 10.8. The number of rotatable bonds is 5. The molecular formula is C9H18O3S2. The van der Waals surface area contributed by atoms with Gasteiger partial charge in [0, 0.05) is 17.8 Å². The van der Waals surface area contributed by atoms with Crippen LogP contribution >= 0.6 is 11.8 Å². The van der Waals surface area contributed by atoms with E-state index in [4.69, 9.17) is 0 Å². The molecule has 0 amide bonds. The lowest BCUT2D eigenvalue weighted by molar-refractivity contribution is 0.0733. The van der Waals surface area contributed by atoms with Gasteiger partial charge in [0.25, 0.3) is 0 Å². The fourth-order valence-electron chi connectivity index (χ4n) is 1.65. The van der Waals surface area contributed by atoms with Gasteiger partial charge in [0.15, 0.2) is 0 Å². The Labute approximate surface area is 90.2 Å². The molecule has 1 aliphatic rings. The third-order valence-corrected chi connectivity index (χ3v) is 4.94. The van der Waals surface area contributed by atoms with Crippen molar-refractivity contribution in [1.82, 2.24) is 0 Å². The molecule has 1 saturated carbocycles. The van der Waals surface area contributed by atoms with Gasteiger partial charge in [-0.1, -0.05) is 12.8 Å². The average molecular weight is 238 g/mol. The van der Waals surface area contributed by atoms with Gasteiger partial charge < -0.3 is 5.11 Å². The van der Waals surface area contributed by atoms with E-state index in [-0.39, 0.29) is 5.75 Å². The Hall–Kier alpha value is 0.260. The molecule has 14 heavy (non-hydrogen) atoms. The van der Waals surface area contributed by atoms with Crippen LogP contribution in [-0.2, 0) is 9.84 Å². The third-order valence-electron chi connectivity index (χ3n) is 2.50. The van der Waals surface area contributed by atoms with Crippen LogP contribution < -0.4 is 0 Å². The Kier molecular flexibility index (Phi) is 4.28. The summed E-state index contributed by atoms with van der Waals surface area (Å²) in [6.45, 7) is 0. The molecule has 3 nitrogen and oxygen atoms in total. The number of sulfone groups is 1. The van der Waals surface area contributed by atoms with Gasteiger partial charge in [-0.25, -0.2) is 8.42 Å². The zero-order valence-electron chi connectivity index (χ0n) is 8.53. The quantitative estimate of drug-likeness (QED) is 0.728. The molecule has 0 aromatic carbocycles. The van der Waals surface area contributed by atoms with Crippen LogP contribution in [0.4, 0.5) is 0 Å². The summed E-state index contributed by atoms with van der Waals surface area (Å²) in [6.07, 6.45) is 5.20. The molecule has 0 aromatic heterocycles. The molecule has 5 heteroatoms. The molecule has 0 aliphatic heterocycles. The summed E-state index contributed by atoms with van der Waals surface area (Å²) >= 11 is 1.55. The van der Waals surface area contributed by atoms with Gasteiger partial charge in [-0.2, -0.15) is 11.8 Å². The first-order valence-electron chi connectivity index (χ1n) is 4.89.